The first-order valence-corrected chi connectivity index (χ1v) is 6.47. The number of nitrogens with zero attached hydrogens (tertiary/aromatic N) is 2. The minimum absolute atomic E-state index is 0.0467. The van der Waals surface area contributed by atoms with Crippen molar-refractivity contribution in [1.29, 1.82) is 0 Å². The van der Waals surface area contributed by atoms with Crippen LogP contribution in [0, 0.1) is 6.92 Å². The van der Waals surface area contributed by atoms with Gasteiger partial charge >= 0.3 is 5.97 Å². The van der Waals surface area contributed by atoms with Crippen LogP contribution in [-0.2, 0) is 4.79 Å². The molecule has 0 aliphatic carbocycles. The van der Waals surface area contributed by atoms with Gasteiger partial charge in [0.15, 0.2) is 23.2 Å². The molecular weight excluding hydrogens is 282 g/mol. The van der Waals surface area contributed by atoms with Crippen LogP contribution in [0.2, 0.25) is 0 Å². The molecule has 0 saturated carbocycles. The first kappa shape index (κ1) is 13.9. The van der Waals surface area contributed by atoms with E-state index in [0.29, 0.717) is 5.13 Å². The monoisotopic (exact) mass is 293 g/mol. The van der Waals surface area contributed by atoms with Gasteiger partial charge in [0.1, 0.15) is 0 Å². The highest BCUT2D eigenvalue weighted by atomic mass is 32.1. The molecule has 0 bridgehead atoms. The Bertz CT molecular complexity index is 641. The number of hydrogen-bond acceptors (Lipinski definition) is 6. The number of carbonyl (C=O) groups is 2. The molecule has 0 saturated heterocycles. The lowest BCUT2D eigenvalue weighted by Crippen LogP contribution is -2.21. The number of nitrogens with one attached hydrogen (secondary N) is 1. The fourth-order valence-corrected chi connectivity index (χ4v) is 2.08. The number of hydrogen-bond donors (Lipinski definition) is 2. The number of aromatic carboxylic acids is 1. The average molecular weight is 293 g/mol. The third kappa shape index (κ3) is 3.51. The molecule has 2 rings (SSSR count). The van der Waals surface area contributed by atoms with Gasteiger partial charge in [-0.05, 0) is 19.1 Å². The summed E-state index contributed by atoms with van der Waals surface area (Å²) in [5.74, 6) is -1.58. The van der Waals surface area contributed by atoms with E-state index in [1.54, 1.807) is 5.38 Å². The van der Waals surface area contributed by atoms with Crippen molar-refractivity contribution >= 4 is 28.3 Å². The molecule has 0 aliphatic heterocycles. The third-order valence-corrected chi connectivity index (χ3v) is 3.07. The Hall–Kier alpha value is -2.48. The van der Waals surface area contributed by atoms with Crippen molar-refractivity contribution in [1.82, 2.24) is 9.97 Å². The Morgan fingerprint density at radius 2 is 2.30 bits per heavy atom. The van der Waals surface area contributed by atoms with Crippen molar-refractivity contribution in [2.24, 2.45) is 0 Å². The molecule has 1 amide bonds. The van der Waals surface area contributed by atoms with Crippen LogP contribution >= 0.6 is 11.3 Å². The molecule has 2 aromatic heterocycles. The molecule has 7 nitrogen and oxygen atoms in total. The summed E-state index contributed by atoms with van der Waals surface area (Å²) in [5, 5.41) is 13.8. The first-order chi connectivity index (χ1) is 9.56. The van der Waals surface area contributed by atoms with E-state index in [0.717, 1.165) is 5.69 Å². The van der Waals surface area contributed by atoms with Crippen LogP contribution < -0.4 is 10.1 Å². The number of carboxylic acid groups (broad SMARTS) is 1. The summed E-state index contributed by atoms with van der Waals surface area (Å²) in [6.45, 7) is 1.50. The summed E-state index contributed by atoms with van der Waals surface area (Å²) in [4.78, 5) is 30.3. The topological polar surface area (TPSA) is 101 Å². The zero-order chi connectivity index (χ0) is 14.5. The van der Waals surface area contributed by atoms with Gasteiger partial charge in [0, 0.05) is 11.6 Å². The zero-order valence-electron chi connectivity index (χ0n) is 10.5. The van der Waals surface area contributed by atoms with Gasteiger partial charge in [0.25, 0.3) is 5.91 Å². The quantitative estimate of drug-likeness (QED) is 0.867. The number of ether oxygens (including phenoxy) is 1. The van der Waals surface area contributed by atoms with Crippen molar-refractivity contribution in [3.05, 3.63) is 35.1 Å². The molecule has 0 radical (unpaired) electrons. The van der Waals surface area contributed by atoms with Gasteiger partial charge < -0.3 is 9.84 Å². The van der Waals surface area contributed by atoms with E-state index in [1.165, 1.54) is 29.7 Å². The van der Waals surface area contributed by atoms with Crippen LogP contribution in [0.3, 0.4) is 0 Å². The predicted molar refractivity (Wildman–Crippen MR) is 72.2 cm³/mol. The summed E-state index contributed by atoms with van der Waals surface area (Å²) < 4.78 is 5.16. The van der Waals surface area contributed by atoms with Crippen molar-refractivity contribution in [3.8, 4) is 5.75 Å². The van der Waals surface area contributed by atoms with E-state index in [9.17, 15) is 9.59 Å². The molecule has 0 fully saturated rings. The molecule has 0 aliphatic rings. The molecule has 2 aromatic rings. The van der Waals surface area contributed by atoms with E-state index >= 15 is 0 Å². The van der Waals surface area contributed by atoms with Gasteiger partial charge in [-0.25, -0.2) is 14.8 Å². The van der Waals surface area contributed by atoms with Crippen LogP contribution in [0.1, 0.15) is 16.2 Å². The fraction of sp³-hybridized carbons (Fsp3) is 0.167. The van der Waals surface area contributed by atoms with Crippen LogP contribution in [0.4, 0.5) is 5.13 Å². The predicted octanol–water partition coefficient (Wildman–Crippen LogP) is 1.56. The largest absolute Gasteiger partial charge is 0.481 e. The Morgan fingerprint density at radius 1 is 1.50 bits per heavy atom. The van der Waals surface area contributed by atoms with E-state index in [2.05, 4.69) is 15.3 Å². The molecule has 2 N–H and O–H groups in total. The number of rotatable bonds is 5. The second kappa shape index (κ2) is 6.11. The number of anilines is 1. The minimum atomic E-state index is -1.21. The number of thiazole rings is 1. The molecule has 0 aromatic carbocycles. The van der Waals surface area contributed by atoms with Crippen LogP contribution in [0.25, 0.3) is 0 Å². The van der Waals surface area contributed by atoms with Gasteiger partial charge in [-0.1, -0.05) is 0 Å². The first-order valence-electron chi connectivity index (χ1n) is 5.59. The van der Waals surface area contributed by atoms with Crippen LogP contribution in [0.5, 0.6) is 5.75 Å². The number of aromatic nitrogens is 2. The van der Waals surface area contributed by atoms with Crippen molar-refractivity contribution in [3.63, 3.8) is 0 Å². The Kier molecular flexibility index (Phi) is 4.26. The average Bonchev–Trinajstić information content (AvgIpc) is 2.82. The fourth-order valence-electron chi connectivity index (χ4n) is 1.38. The maximum absolute atomic E-state index is 11.6. The maximum Gasteiger partial charge on any atom is 0.358 e. The molecule has 2 heterocycles. The molecule has 8 heteroatoms. The van der Waals surface area contributed by atoms with Crippen molar-refractivity contribution in [2.75, 3.05) is 11.9 Å². The molecular formula is C12H11N3O4S. The van der Waals surface area contributed by atoms with Crippen molar-refractivity contribution < 1.29 is 19.4 Å². The van der Waals surface area contributed by atoms with Gasteiger partial charge in [0.2, 0.25) is 0 Å². The Labute approximate surface area is 118 Å². The second-order valence-electron chi connectivity index (χ2n) is 3.79. The maximum atomic E-state index is 11.6. The number of amides is 1. The van der Waals surface area contributed by atoms with Gasteiger partial charge in [-0.2, -0.15) is 0 Å². The van der Waals surface area contributed by atoms with E-state index in [4.69, 9.17) is 9.84 Å². The SMILES string of the molecule is Cc1csc(NC(=O)COc2cccnc2C(=O)O)n1. The highest BCUT2D eigenvalue weighted by Gasteiger charge is 2.14. The van der Waals surface area contributed by atoms with Crippen molar-refractivity contribution in [2.45, 2.75) is 6.92 Å². The number of carboxylic acids is 1. The van der Waals surface area contributed by atoms with Gasteiger partial charge in [-0.15, -0.1) is 11.3 Å². The van der Waals surface area contributed by atoms with E-state index in [-0.39, 0.29) is 18.1 Å². The summed E-state index contributed by atoms with van der Waals surface area (Å²) >= 11 is 1.30. The molecule has 0 spiro atoms. The minimum Gasteiger partial charge on any atom is -0.481 e. The van der Waals surface area contributed by atoms with Crippen LogP contribution in [-0.4, -0.2) is 33.6 Å². The summed E-state index contributed by atoms with van der Waals surface area (Å²) in [5.41, 5.74) is 0.581. The smallest absolute Gasteiger partial charge is 0.358 e. The second-order valence-corrected chi connectivity index (χ2v) is 4.64. The Morgan fingerprint density at radius 3 is 2.95 bits per heavy atom. The lowest BCUT2D eigenvalue weighted by Gasteiger charge is -2.07. The number of carbonyl (C=O) groups excluding carboxylic acids is 1. The van der Waals surface area contributed by atoms with Gasteiger partial charge in [0.05, 0.1) is 5.69 Å². The lowest BCUT2D eigenvalue weighted by molar-refractivity contribution is -0.118. The highest BCUT2D eigenvalue weighted by Crippen LogP contribution is 2.16. The summed E-state index contributed by atoms with van der Waals surface area (Å²) in [6.07, 6.45) is 1.34. The van der Waals surface area contributed by atoms with E-state index < -0.39 is 11.9 Å². The van der Waals surface area contributed by atoms with E-state index in [1.807, 2.05) is 6.92 Å². The van der Waals surface area contributed by atoms with Crippen LogP contribution in [0.15, 0.2) is 23.7 Å². The Balaban J connectivity index is 1.95. The summed E-state index contributed by atoms with van der Waals surface area (Å²) in [6, 6.07) is 2.97. The van der Waals surface area contributed by atoms with Gasteiger partial charge in [-0.3, -0.25) is 10.1 Å². The molecule has 20 heavy (non-hydrogen) atoms. The molecule has 0 atom stereocenters. The number of pyridine rings is 1. The lowest BCUT2D eigenvalue weighted by atomic mass is 10.3. The standard InChI is InChI=1S/C12H11N3O4S/c1-7-6-20-12(14-7)15-9(16)5-19-8-3-2-4-13-10(8)11(17)18/h2-4,6H,5H2,1H3,(H,17,18)(H,14,15,16). The zero-order valence-corrected chi connectivity index (χ0v) is 11.3. The summed E-state index contributed by atoms with van der Waals surface area (Å²) in [7, 11) is 0. The number of aryl methyl sites for hydroxylation is 1. The highest BCUT2D eigenvalue weighted by molar-refractivity contribution is 7.13. The molecule has 104 valence electrons. The normalized spacial score (nSPS) is 10.1. The molecule has 0 unspecified atom stereocenters. The third-order valence-electron chi connectivity index (χ3n) is 2.20.